The molecule has 10 nitrogen and oxygen atoms in total. The number of nitrogens with zero attached hydrogens (tertiary/aromatic N) is 8. The molecule has 0 bridgehead atoms. The minimum atomic E-state index is -0.335. The SMILES string of the molecule is CC(C)(C)c1cc(-c2cc3c4ccccc4n(-c4ccccc4)c3cn2)[c-]c(-c2cccc3c2nc(-c2cc(C(C)(C)C)cc(C(C)(C)C)c2O)n3-c2ccc(C(C)(C)C)cc2-c2ccccc2)c1.CC(C)(C)c1ccc(-n2c(-c3cc(C(C)(C)C)cc(C(C)(C)C)c3O)nc3c(-c4[c-]c(-c5cc6c7ccccc7n(-c7ccccc7)c6cn5)ccc4)cccc32)c(-c2ccccc2)c1.[Pt].[Pt]. The number of fused-ring (bicyclic) bond motifs is 8. The third-order valence-electron chi connectivity index (χ3n) is 26.6. The maximum absolute atomic E-state index is 12.6. The van der Waals surface area contributed by atoms with Gasteiger partial charge in [-0.15, -0.1) is 59.2 Å². The standard InChI is InChI=1S/C64H63N4O.C60H55N4O.2Pt/c1-61(2,3)43-30-31-55(49(35-43)40-22-15-13-16-23-40)68-56-29-21-27-47(58(56)66-60(68)51-36-45(63(7,8)9)37-52(59(51)69)64(10,11)12)41-32-42(34-44(33-41)62(4,5)6)53-38-50-48-26-19-20-28-54(48)67(57(50)39-65-53)46-24-17-14-18-25-46;1-58(2,3)41-30-31-52(46(33-41)38-20-12-10-13-21-38)64-53-29-19-27-44(55(53)62-57(64)48-34-42(59(4,5)6)35-49(56(48)65)60(7,8)9)39-22-18-23-40(32-39)50-36-47-45-26-16-17-28-51(45)63(54(47)37-61-50)43-24-14-11-15-25-43;;/h13-31,33-39,69H,1-12H3;10-31,33-37,65H,1-9H3;;/q2*-1;;. The first-order valence-corrected chi connectivity index (χ1v) is 46.9. The van der Waals surface area contributed by atoms with Crippen LogP contribution in [0.4, 0.5) is 0 Å². The predicted molar refractivity (Wildman–Crippen MR) is 562 cm³/mol. The van der Waals surface area contributed by atoms with Crippen molar-refractivity contribution >= 4 is 65.7 Å². The van der Waals surface area contributed by atoms with Crippen LogP contribution < -0.4 is 0 Å². The van der Waals surface area contributed by atoms with Crippen LogP contribution in [0.15, 0.2) is 322 Å². The molecule has 688 valence electrons. The molecule has 2 N–H and O–H groups in total. The van der Waals surface area contributed by atoms with Crippen molar-refractivity contribution in [3.8, 4) is 124 Å². The van der Waals surface area contributed by atoms with E-state index in [0.29, 0.717) is 22.8 Å². The summed E-state index contributed by atoms with van der Waals surface area (Å²) in [6, 6.07) is 118. The number of phenols is 2. The second-order valence-corrected chi connectivity index (χ2v) is 43.4. The van der Waals surface area contributed by atoms with E-state index in [0.717, 1.165) is 167 Å². The van der Waals surface area contributed by atoms with Crippen LogP contribution in [-0.2, 0) is 80.0 Å². The molecule has 14 aromatic carbocycles. The van der Waals surface area contributed by atoms with E-state index in [9.17, 15) is 10.2 Å². The van der Waals surface area contributed by atoms with Gasteiger partial charge in [-0.1, -0.05) is 362 Å². The molecule has 136 heavy (non-hydrogen) atoms. The van der Waals surface area contributed by atoms with Gasteiger partial charge in [0.15, 0.2) is 0 Å². The van der Waals surface area contributed by atoms with Gasteiger partial charge in [0, 0.05) is 121 Å². The van der Waals surface area contributed by atoms with Crippen LogP contribution in [-0.4, -0.2) is 48.4 Å². The van der Waals surface area contributed by atoms with Crippen molar-refractivity contribution in [2.75, 3.05) is 0 Å². The molecule has 0 fully saturated rings. The first-order chi connectivity index (χ1) is 63.7. The van der Waals surface area contributed by atoms with Crippen LogP contribution in [0.2, 0.25) is 0 Å². The molecule has 0 aliphatic rings. The fraction of sp³-hybridized carbons (Fsp3) is 0.226. The molecule has 0 unspecified atom stereocenters. The molecule has 0 saturated heterocycles. The Morgan fingerprint density at radius 1 is 0.243 bits per heavy atom. The largest absolute Gasteiger partial charge is 0.507 e. The third kappa shape index (κ3) is 17.8. The summed E-state index contributed by atoms with van der Waals surface area (Å²) in [4.78, 5) is 21.6. The molecule has 0 radical (unpaired) electrons. The average Bonchev–Trinajstić information content (AvgIpc) is 1.57. The Morgan fingerprint density at radius 3 is 0.978 bits per heavy atom. The van der Waals surface area contributed by atoms with Gasteiger partial charge in [0.1, 0.15) is 23.1 Å². The Labute approximate surface area is 829 Å². The van der Waals surface area contributed by atoms with E-state index in [1.165, 1.54) is 27.5 Å². The number of para-hydroxylation sites is 6. The van der Waals surface area contributed by atoms with Crippen LogP contribution in [0.3, 0.4) is 0 Å². The normalized spacial score (nSPS) is 12.4. The van der Waals surface area contributed by atoms with Crippen molar-refractivity contribution in [1.29, 1.82) is 0 Å². The monoisotopic (exact) mass is 2140 g/mol. The second-order valence-electron chi connectivity index (χ2n) is 43.4. The fourth-order valence-electron chi connectivity index (χ4n) is 19.0. The summed E-state index contributed by atoms with van der Waals surface area (Å²) < 4.78 is 9.14. The Balaban J connectivity index is 0.000000186. The first kappa shape index (κ1) is 94.7. The number of pyridine rings is 2. The molecule has 0 atom stereocenters. The summed E-state index contributed by atoms with van der Waals surface area (Å²) in [6.45, 7) is 46.7. The minimum absolute atomic E-state index is 0. The molecule has 6 aromatic heterocycles. The zero-order chi connectivity index (χ0) is 94.2. The van der Waals surface area contributed by atoms with Gasteiger partial charge in [-0.2, -0.15) is 0 Å². The van der Waals surface area contributed by atoms with E-state index in [1.807, 2.05) is 18.5 Å². The number of hydrogen-bond donors (Lipinski definition) is 2. The van der Waals surface area contributed by atoms with Gasteiger partial charge >= 0.3 is 0 Å². The smallest absolute Gasteiger partial charge is 0.148 e. The van der Waals surface area contributed by atoms with E-state index in [-0.39, 0.29) is 91.5 Å². The van der Waals surface area contributed by atoms with Crippen LogP contribution in [0, 0.1) is 12.1 Å². The maximum Gasteiger partial charge on any atom is 0.148 e. The topological polar surface area (TPSA) is 112 Å². The Morgan fingerprint density at radius 2 is 0.574 bits per heavy atom. The van der Waals surface area contributed by atoms with Crippen molar-refractivity contribution < 1.29 is 52.3 Å². The van der Waals surface area contributed by atoms with Crippen molar-refractivity contribution in [3.63, 3.8) is 0 Å². The first-order valence-electron chi connectivity index (χ1n) is 46.9. The predicted octanol–water partition coefficient (Wildman–Crippen LogP) is 32.5. The summed E-state index contributed by atoms with van der Waals surface area (Å²) in [5, 5.41) is 29.7. The molecular formula is C124H118N8O2Pt2-2. The van der Waals surface area contributed by atoms with Gasteiger partial charge in [0.05, 0.1) is 66.6 Å². The van der Waals surface area contributed by atoms with Gasteiger partial charge in [-0.05, 0) is 156 Å². The molecule has 0 aliphatic heterocycles. The summed E-state index contributed by atoms with van der Waals surface area (Å²) in [6.07, 6.45) is 4.01. The molecular weight excluding hydrogens is 2020 g/mol. The molecule has 20 aromatic rings. The Hall–Kier alpha value is -13.1. The molecule has 6 heterocycles. The molecule has 0 spiro atoms. The van der Waals surface area contributed by atoms with Gasteiger partial charge < -0.3 is 19.3 Å². The summed E-state index contributed by atoms with van der Waals surface area (Å²) in [5.74, 6) is 1.86. The van der Waals surface area contributed by atoms with Gasteiger partial charge in [0.2, 0.25) is 0 Å². The molecule has 12 heteroatoms. The van der Waals surface area contributed by atoms with Crippen LogP contribution >= 0.6 is 0 Å². The summed E-state index contributed by atoms with van der Waals surface area (Å²) >= 11 is 0. The molecule has 20 rings (SSSR count). The maximum atomic E-state index is 12.6. The van der Waals surface area contributed by atoms with Gasteiger partial charge in [-0.25, -0.2) is 9.97 Å². The minimum Gasteiger partial charge on any atom is -0.507 e. The van der Waals surface area contributed by atoms with Crippen molar-refractivity contribution in [3.05, 3.63) is 373 Å². The number of aromatic hydroxyl groups is 2. The zero-order valence-corrected chi connectivity index (χ0v) is 86.2. The molecule has 0 aliphatic carbocycles. The number of aromatic nitrogens is 8. The van der Waals surface area contributed by atoms with Crippen LogP contribution in [0.25, 0.3) is 178 Å². The number of benzene rings is 14. The Bertz CT molecular complexity index is 7960. The third-order valence-corrected chi connectivity index (χ3v) is 26.6. The zero-order valence-electron chi connectivity index (χ0n) is 81.7. The van der Waals surface area contributed by atoms with E-state index in [1.54, 1.807) is 0 Å². The number of hydrogen-bond acceptors (Lipinski definition) is 6. The number of phenolic OH excluding ortho intramolecular Hbond substituents is 2. The second kappa shape index (κ2) is 35.9. The average molecular weight is 2140 g/mol. The van der Waals surface area contributed by atoms with Crippen LogP contribution in [0.1, 0.15) is 184 Å². The quantitative estimate of drug-likeness (QED) is 0.118. The van der Waals surface area contributed by atoms with Crippen molar-refractivity contribution in [2.45, 2.75) is 183 Å². The van der Waals surface area contributed by atoms with E-state index < -0.39 is 0 Å². The summed E-state index contributed by atoms with van der Waals surface area (Å²) in [5.41, 5.74) is 31.5. The fourth-order valence-corrected chi connectivity index (χ4v) is 19.0. The van der Waals surface area contributed by atoms with Gasteiger partial charge in [0.25, 0.3) is 0 Å². The number of rotatable bonds is 12. The molecule has 0 amide bonds. The van der Waals surface area contributed by atoms with Crippen LogP contribution in [0.5, 0.6) is 11.5 Å². The van der Waals surface area contributed by atoms with E-state index in [2.05, 4.69) is 479 Å². The van der Waals surface area contributed by atoms with Crippen molar-refractivity contribution in [2.24, 2.45) is 0 Å². The van der Waals surface area contributed by atoms with E-state index in [4.69, 9.17) is 19.9 Å². The van der Waals surface area contributed by atoms with E-state index >= 15 is 0 Å². The molecule has 0 saturated carbocycles. The number of imidazole rings is 2. The van der Waals surface area contributed by atoms with Crippen molar-refractivity contribution in [1.82, 2.24) is 38.2 Å². The Kier molecular flexibility index (Phi) is 25.0. The summed E-state index contributed by atoms with van der Waals surface area (Å²) in [7, 11) is 0. The van der Waals surface area contributed by atoms with Gasteiger partial charge in [-0.3, -0.25) is 19.1 Å².